The smallest absolute Gasteiger partial charge is 0.343 e. The molecule has 0 N–H and O–H groups in total. The Bertz CT molecular complexity index is 841. The molecule has 0 spiro atoms. The molecule has 2 aromatic carbocycles. The van der Waals surface area contributed by atoms with E-state index in [1.54, 1.807) is 12.3 Å². The van der Waals surface area contributed by atoms with Gasteiger partial charge in [0.2, 0.25) is 0 Å². The summed E-state index contributed by atoms with van der Waals surface area (Å²) in [5.74, 6) is 0.159. The van der Waals surface area contributed by atoms with Gasteiger partial charge in [0.1, 0.15) is 5.75 Å². The van der Waals surface area contributed by atoms with Gasteiger partial charge in [0.25, 0.3) is 0 Å². The number of aryl methyl sites for hydroxylation is 2. The molecule has 1 aromatic heterocycles. The molecule has 0 aliphatic carbocycles. The maximum absolute atomic E-state index is 12.4. The van der Waals surface area contributed by atoms with Gasteiger partial charge >= 0.3 is 5.97 Å². The third kappa shape index (κ3) is 3.46. The second kappa shape index (κ2) is 6.44. The molecule has 0 saturated heterocycles. The van der Waals surface area contributed by atoms with Crippen molar-refractivity contribution in [3.05, 3.63) is 83.6 Å². The van der Waals surface area contributed by atoms with Crippen LogP contribution in [-0.2, 0) is 0 Å². The van der Waals surface area contributed by atoms with Crippen LogP contribution in [-0.4, -0.2) is 11.0 Å². The molecule has 0 radical (unpaired) electrons. The Morgan fingerprint density at radius 1 is 0.913 bits per heavy atom. The van der Waals surface area contributed by atoms with Crippen LogP contribution in [0, 0.1) is 13.8 Å². The summed E-state index contributed by atoms with van der Waals surface area (Å²) in [6.45, 7) is 3.91. The quantitative estimate of drug-likeness (QED) is 0.525. The number of carbonyl (C=O) groups is 1. The number of carbonyl (C=O) groups excluding carboxylic acids is 1. The lowest BCUT2D eigenvalue weighted by molar-refractivity contribution is 0.0735. The van der Waals surface area contributed by atoms with Crippen molar-refractivity contribution in [1.29, 1.82) is 0 Å². The summed E-state index contributed by atoms with van der Waals surface area (Å²) in [4.78, 5) is 16.8. The molecule has 3 rings (SSSR count). The standard InChI is InChI=1S/C20H17NO2/c1-14-6-5-7-16(12-14)20(22)23-19-13-15(2)9-10-17(19)18-8-3-4-11-21-18/h3-13H,1-2H3. The minimum Gasteiger partial charge on any atom is -0.422 e. The molecule has 0 fully saturated rings. The Kier molecular flexibility index (Phi) is 4.20. The highest BCUT2D eigenvalue weighted by atomic mass is 16.5. The first-order valence-electron chi connectivity index (χ1n) is 7.44. The van der Waals surface area contributed by atoms with E-state index in [9.17, 15) is 4.79 Å². The van der Waals surface area contributed by atoms with E-state index in [0.29, 0.717) is 11.3 Å². The normalized spacial score (nSPS) is 10.3. The maximum atomic E-state index is 12.4. The predicted molar refractivity (Wildman–Crippen MR) is 90.5 cm³/mol. The van der Waals surface area contributed by atoms with Crippen LogP contribution >= 0.6 is 0 Å². The summed E-state index contributed by atoms with van der Waals surface area (Å²) in [7, 11) is 0. The van der Waals surface area contributed by atoms with E-state index in [1.165, 1.54) is 0 Å². The molecule has 1 heterocycles. The maximum Gasteiger partial charge on any atom is 0.343 e. The van der Waals surface area contributed by atoms with Crippen LogP contribution in [0.25, 0.3) is 11.3 Å². The van der Waals surface area contributed by atoms with Crippen LogP contribution < -0.4 is 4.74 Å². The van der Waals surface area contributed by atoms with E-state index in [0.717, 1.165) is 22.4 Å². The highest BCUT2D eigenvalue weighted by molar-refractivity contribution is 5.92. The van der Waals surface area contributed by atoms with Gasteiger partial charge in [-0.15, -0.1) is 0 Å². The van der Waals surface area contributed by atoms with Crippen LogP contribution in [0.2, 0.25) is 0 Å². The van der Waals surface area contributed by atoms with E-state index < -0.39 is 0 Å². The summed E-state index contributed by atoms with van der Waals surface area (Å²) in [6.07, 6.45) is 1.72. The topological polar surface area (TPSA) is 39.2 Å². The largest absolute Gasteiger partial charge is 0.422 e. The SMILES string of the molecule is Cc1cccc(C(=O)Oc2cc(C)ccc2-c2ccccn2)c1. The van der Waals surface area contributed by atoms with E-state index in [-0.39, 0.29) is 5.97 Å². The van der Waals surface area contributed by atoms with Crippen molar-refractivity contribution in [2.75, 3.05) is 0 Å². The number of benzene rings is 2. The monoisotopic (exact) mass is 303 g/mol. The van der Waals surface area contributed by atoms with Crippen LogP contribution in [0.15, 0.2) is 66.9 Å². The van der Waals surface area contributed by atoms with E-state index in [4.69, 9.17) is 4.74 Å². The molecule has 0 bridgehead atoms. The van der Waals surface area contributed by atoms with Crippen LogP contribution in [0.4, 0.5) is 0 Å². The number of hydrogen-bond acceptors (Lipinski definition) is 3. The second-order valence-electron chi connectivity index (χ2n) is 5.47. The molecule has 3 nitrogen and oxygen atoms in total. The van der Waals surface area contributed by atoms with Gasteiger partial charge < -0.3 is 4.74 Å². The first kappa shape index (κ1) is 15.0. The van der Waals surface area contributed by atoms with Crippen LogP contribution in [0.1, 0.15) is 21.5 Å². The van der Waals surface area contributed by atoms with E-state index in [1.807, 2.05) is 68.4 Å². The molecule has 0 amide bonds. The zero-order valence-electron chi connectivity index (χ0n) is 13.1. The minimum atomic E-state index is -0.364. The molecule has 0 aliphatic heterocycles. The Hall–Kier alpha value is -2.94. The minimum absolute atomic E-state index is 0.364. The summed E-state index contributed by atoms with van der Waals surface area (Å²) in [5.41, 5.74) is 4.17. The van der Waals surface area contributed by atoms with Gasteiger partial charge in [-0.05, 0) is 55.8 Å². The second-order valence-corrected chi connectivity index (χ2v) is 5.47. The first-order valence-corrected chi connectivity index (χ1v) is 7.44. The first-order chi connectivity index (χ1) is 11.1. The summed E-state index contributed by atoms with van der Waals surface area (Å²) in [6, 6.07) is 18.8. The van der Waals surface area contributed by atoms with E-state index >= 15 is 0 Å². The molecule has 0 saturated carbocycles. The van der Waals surface area contributed by atoms with Crippen molar-refractivity contribution in [3.8, 4) is 17.0 Å². The highest BCUT2D eigenvalue weighted by Gasteiger charge is 2.14. The van der Waals surface area contributed by atoms with Crippen molar-refractivity contribution in [1.82, 2.24) is 4.98 Å². The van der Waals surface area contributed by atoms with Gasteiger partial charge in [0.05, 0.1) is 11.3 Å². The van der Waals surface area contributed by atoms with Gasteiger partial charge in [-0.1, -0.05) is 29.8 Å². The van der Waals surface area contributed by atoms with Crippen molar-refractivity contribution in [2.45, 2.75) is 13.8 Å². The lowest BCUT2D eigenvalue weighted by atomic mass is 10.1. The lowest BCUT2D eigenvalue weighted by Crippen LogP contribution is -2.09. The molecule has 0 unspecified atom stereocenters. The van der Waals surface area contributed by atoms with Crippen molar-refractivity contribution in [2.24, 2.45) is 0 Å². The average Bonchev–Trinajstić information content (AvgIpc) is 2.56. The number of nitrogens with zero attached hydrogens (tertiary/aromatic N) is 1. The molecular formula is C20H17NO2. The third-order valence-electron chi connectivity index (χ3n) is 3.53. The van der Waals surface area contributed by atoms with Crippen molar-refractivity contribution < 1.29 is 9.53 Å². The Morgan fingerprint density at radius 3 is 2.48 bits per heavy atom. The summed E-state index contributed by atoms with van der Waals surface area (Å²) >= 11 is 0. The predicted octanol–water partition coefficient (Wildman–Crippen LogP) is 4.58. The van der Waals surface area contributed by atoms with E-state index in [2.05, 4.69) is 4.98 Å². The Balaban J connectivity index is 1.96. The number of pyridine rings is 1. The summed E-state index contributed by atoms with van der Waals surface area (Å²) < 4.78 is 5.64. The Morgan fingerprint density at radius 2 is 1.74 bits per heavy atom. The van der Waals surface area contributed by atoms with Crippen molar-refractivity contribution >= 4 is 5.97 Å². The molecule has 0 aliphatic rings. The molecular weight excluding hydrogens is 286 g/mol. The fraction of sp³-hybridized carbons (Fsp3) is 0.100. The fourth-order valence-corrected chi connectivity index (χ4v) is 2.38. The molecule has 3 heteroatoms. The number of hydrogen-bond donors (Lipinski definition) is 0. The van der Waals surface area contributed by atoms with Crippen LogP contribution in [0.3, 0.4) is 0 Å². The average molecular weight is 303 g/mol. The zero-order valence-corrected chi connectivity index (χ0v) is 13.1. The Labute approximate surface area is 135 Å². The third-order valence-corrected chi connectivity index (χ3v) is 3.53. The van der Waals surface area contributed by atoms with Gasteiger partial charge in [-0.25, -0.2) is 4.79 Å². The molecule has 3 aromatic rings. The molecule has 114 valence electrons. The van der Waals surface area contributed by atoms with Gasteiger partial charge in [0, 0.05) is 11.8 Å². The lowest BCUT2D eigenvalue weighted by Gasteiger charge is -2.11. The number of rotatable bonds is 3. The highest BCUT2D eigenvalue weighted by Crippen LogP contribution is 2.30. The van der Waals surface area contributed by atoms with Gasteiger partial charge in [-0.2, -0.15) is 0 Å². The summed E-state index contributed by atoms with van der Waals surface area (Å²) in [5, 5.41) is 0. The van der Waals surface area contributed by atoms with Crippen molar-refractivity contribution in [3.63, 3.8) is 0 Å². The number of aromatic nitrogens is 1. The zero-order chi connectivity index (χ0) is 16.2. The van der Waals surface area contributed by atoms with Crippen LogP contribution in [0.5, 0.6) is 5.75 Å². The molecule has 23 heavy (non-hydrogen) atoms. The van der Waals surface area contributed by atoms with Gasteiger partial charge in [-0.3, -0.25) is 4.98 Å². The number of ether oxygens (including phenoxy) is 1. The number of esters is 1. The van der Waals surface area contributed by atoms with Gasteiger partial charge in [0.15, 0.2) is 0 Å². The fourth-order valence-electron chi connectivity index (χ4n) is 2.38. The molecule has 0 atom stereocenters.